The zero-order valence-electron chi connectivity index (χ0n) is 26.1. The van der Waals surface area contributed by atoms with Gasteiger partial charge in [0, 0.05) is 13.0 Å². The number of nitrogens with one attached hydrogen (secondary N) is 1. The summed E-state index contributed by atoms with van der Waals surface area (Å²) in [6, 6.07) is -0.881. The van der Waals surface area contributed by atoms with Crippen molar-refractivity contribution < 1.29 is 23.9 Å². The third-order valence-corrected chi connectivity index (χ3v) is 8.85. The molecule has 0 aliphatic heterocycles. The molecule has 0 bridgehead atoms. The molecule has 8 heteroatoms. The number of allylic oxidation sites excluding steroid dienone is 1. The first kappa shape index (κ1) is 39.3. The van der Waals surface area contributed by atoms with E-state index in [0.717, 1.165) is 38.5 Å². The van der Waals surface area contributed by atoms with E-state index < -0.39 is 19.7 Å². The maximum absolute atomic E-state index is 12.6. The molecule has 0 radical (unpaired) electrons. The van der Waals surface area contributed by atoms with Gasteiger partial charge in [0.25, 0.3) is 0 Å². The van der Waals surface area contributed by atoms with Gasteiger partial charge in [0.1, 0.15) is 0 Å². The predicted molar refractivity (Wildman–Crippen MR) is 170 cm³/mol. The van der Waals surface area contributed by atoms with Gasteiger partial charge in [0.05, 0.1) is 24.9 Å². The zero-order valence-corrected chi connectivity index (χ0v) is 27.0. The van der Waals surface area contributed by atoms with Crippen LogP contribution in [0.5, 0.6) is 0 Å². The molecule has 0 fully saturated rings. The summed E-state index contributed by atoms with van der Waals surface area (Å²) >= 11 is 0. The molecular weight excluding hydrogens is 523 g/mol. The normalized spacial score (nSPS) is 14.8. The molecule has 0 aromatic rings. The number of hydrogen-bond donors (Lipinski definition) is 4. The van der Waals surface area contributed by atoms with Crippen molar-refractivity contribution >= 4 is 13.5 Å². The minimum Gasteiger partial charge on any atom is -0.387 e. The van der Waals surface area contributed by atoms with Crippen molar-refractivity contribution in [2.75, 3.05) is 19.3 Å². The fourth-order valence-corrected chi connectivity index (χ4v) is 6.21. The van der Waals surface area contributed by atoms with E-state index >= 15 is 0 Å². The number of unbranched alkanes of at least 4 members (excludes halogenated alkanes) is 19. The Morgan fingerprint density at radius 3 is 1.73 bits per heavy atom. The molecule has 1 unspecified atom stereocenters. The number of aliphatic hydroxyl groups is 1. The molecule has 0 spiro atoms. The summed E-state index contributed by atoms with van der Waals surface area (Å²) < 4.78 is 17.5. The minimum absolute atomic E-state index is 0.0441. The van der Waals surface area contributed by atoms with Gasteiger partial charge >= 0.3 is 7.60 Å². The fourth-order valence-electron chi connectivity index (χ4n) is 4.91. The zero-order chi connectivity index (χ0) is 29.7. The minimum atomic E-state index is -3.99. The van der Waals surface area contributed by atoms with Crippen LogP contribution in [0.1, 0.15) is 155 Å². The van der Waals surface area contributed by atoms with E-state index in [4.69, 9.17) is 10.3 Å². The van der Waals surface area contributed by atoms with E-state index in [1.165, 1.54) is 96.3 Å². The molecule has 0 aliphatic carbocycles. The van der Waals surface area contributed by atoms with Gasteiger partial charge in [0.2, 0.25) is 5.91 Å². The lowest BCUT2D eigenvalue weighted by atomic mass is 10.0. The largest absolute Gasteiger partial charge is 0.387 e. The van der Waals surface area contributed by atoms with Gasteiger partial charge in [-0.05, 0) is 19.3 Å². The summed E-state index contributed by atoms with van der Waals surface area (Å²) in [5.41, 5.74) is 5.40. The maximum Gasteiger partial charge on any atom is 0.330 e. The number of hydrogen-bond acceptors (Lipinski definition) is 5. The Morgan fingerprint density at radius 2 is 1.25 bits per heavy atom. The second-order valence-electron chi connectivity index (χ2n) is 11.4. The van der Waals surface area contributed by atoms with E-state index in [9.17, 15) is 19.4 Å². The van der Waals surface area contributed by atoms with Gasteiger partial charge in [-0.1, -0.05) is 142 Å². The van der Waals surface area contributed by atoms with Crippen LogP contribution < -0.4 is 11.1 Å². The van der Waals surface area contributed by atoms with E-state index in [0.29, 0.717) is 6.42 Å². The number of aliphatic hydroxyl groups excluding tert-OH is 1. The first-order chi connectivity index (χ1) is 19.4. The third kappa shape index (κ3) is 26.2. The van der Waals surface area contributed by atoms with Crippen molar-refractivity contribution in [2.24, 2.45) is 5.73 Å². The summed E-state index contributed by atoms with van der Waals surface area (Å²) in [6.45, 7) is 4.55. The van der Waals surface area contributed by atoms with Crippen molar-refractivity contribution in [3.8, 4) is 0 Å². The molecule has 238 valence electrons. The second-order valence-corrected chi connectivity index (χ2v) is 13.3. The van der Waals surface area contributed by atoms with E-state index in [1.54, 1.807) is 6.08 Å². The average molecular weight is 589 g/mol. The molecule has 1 amide bonds. The Kier molecular flexibility index (Phi) is 27.9. The maximum atomic E-state index is 12.6. The predicted octanol–water partition coefficient (Wildman–Crippen LogP) is 8.17. The van der Waals surface area contributed by atoms with Crippen LogP contribution in [0, 0.1) is 0 Å². The molecule has 0 saturated heterocycles. The van der Waals surface area contributed by atoms with Crippen LogP contribution in [-0.4, -0.2) is 47.4 Å². The van der Waals surface area contributed by atoms with Crippen LogP contribution in [0.3, 0.4) is 0 Å². The van der Waals surface area contributed by atoms with Gasteiger partial charge in [-0.15, -0.1) is 0 Å². The number of carbonyl (C=O) groups excluding carboxylic acids is 1. The lowest BCUT2D eigenvalue weighted by Gasteiger charge is -2.24. The van der Waals surface area contributed by atoms with Gasteiger partial charge in [0.15, 0.2) is 0 Å². The fraction of sp³-hybridized carbons (Fsp3) is 0.906. The van der Waals surface area contributed by atoms with Gasteiger partial charge in [-0.3, -0.25) is 9.36 Å². The Balaban J connectivity index is 4.32. The molecule has 5 N–H and O–H groups in total. The Bertz CT molecular complexity index is 647. The van der Waals surface area contributed by atoms with Crippen molar-refractivity contribution in [1.29, 1.82) is 0 Å². The first-order valence-electron chi connectivity index (χ1n) is 16.7. The summed E-state index contributed by atoms with van der Waals surface area (Å²) in [7, 11) is -3.99. The molecule has 0 heterocycles. The van der Waals surface area contributed by atoms with Crippen LogP contribution in [-0.2, 0) is 13.9 Å². The number of nitrogens with two attached hydrogens (primary N) is 1. The molecule has 0 saturated carbocycles. The van der Waals surface area contributed by atoms with Crippen LogP contribution in [0.2, 0.25) is 0 Å². The lowest BCUT2D eigenvalue weighted by molar-refractivity contribution is -0.122. The standard InChI is InChI=1S/C32H65N2O5P/c1-3-5-7-9-11-13-14-15-16-18-20-22-24-26-32(36)34-30(29-40(37,38)39-28-27-33)31(35)25-23-21-19-17-12-10-8-6-4-2/h23,25,30-31,35H,3-22,24,26-29,33H2,1-2H3,(H,34,36)(H,37,38)/b25-23+/t30-,31-/m1/s1. The van der Waals surface area contributed by atoms with Crippen LogP contribution in [0.15, 0.2) is 12.2 Å². The molecule has 7 nitrogen and oxygen atoms in total. The number of rotatable bonds is 30. The Labute approximate surface area is 247 Å². The molecule has 0 rings (SSSR count). The van der Waals surface area contributed by atoms with Gasteiger partial charge in [-0.2, -0.15) is 0 Å². The summed E-state index contributed by atoms with van der Waals surface area (Å²) in [5.74, 6) is -0.202. The van der Waals surface area contributed by atoms with Crippen LogP contribution in [0.4, 0.5) is 0 Å². The number of amides is 1. The second kappa shape index (κ2) is 28.4. The highest BCUT2D eigenvalue weighted by atomic mass is 31.2. The van der Waals surface area contributed by atoms with Crippen molar-refractivity contribution in [3.63, 3.8) is 0 Å². The lowest BCUT2D eigenvalue weighted by Crippen LogP contribution is -2.45. The summed E-state index contributed by atoms with van der Waals surface area (Å²) in [6.07, 6.45) is 28.0. The van der Waals surface area contributed by atoms with E-state index in [2.05, 4.69) is 19.2 Å². The van der Waals surface area contributed by atoms with E-state index in [-0.39, 0.29) is 25.2 Å². The summed E-state index contributed by atoms with van der Waals surface area (Å²) in [5, 5.41) is 13.5. The van der Waals surface area contributed by atoms with Crippen molar-refractivity contribution in [3.05, 3.63) is 12.2 Å². The van der Waals surface area contributed by atoms with Gasteiger partial charge < -0.3 is 25.6 Å². The molecule has 0 aromatic carbocycles. The molecule has 3 atom stereocenters. The highest BCUT2D eigenvalue weighted by Crippen LogP contribution is 2.42. The molecule has 0 aromatic heterocycles. The Hall–Kier alpha value is -0.720. The SMILES string of the molecule is CCCCCCCCC/C=C/[C@@H](O)[C@@H](CP(=O)(O)OCCN)NC(=O)CCCCCCCCCCCCCCC. The van der Waals surface area contributed by atoms with Crippen molar-refractivity contribution in [1.82, 2.24) is 5.32 Å². The van der Waals surface area contributed by atoms with Crippen molar-refractivity contribution in [2.45, 2.75) is 167 Å². The Morgan fingerprint density at radius 1 is 0.800 bits per heavy atom. The number of carbonyl (C=O) groups is 1. The van der Waals surface area contributed by atoms with Crippen LogP contribution >= 0.6 is 7.60 Å². The first-order valence-corrected chi connectivity index (χ1v) is 18.4. The van der Waals surface area contributed by atoms with E-state index in [1.807, 2.05) is 6.08 Å². The quantitative estimate of drug-likeness (QED) is 0.0381. The monoisotopic (exact) mass is 588 g/mol. The average Bonchev–Trinajstić information content (AvgIpc) is 2.93. The van der Waals surface area contributed by atoms with Gasteiger partial charge in [-0.25, -0.2) is 0 Å². The topological polar surface area (TPSA) is 122 Å². The molecule has 40 heavy (non-hydrogen) atoms. The molecule has 0 aliphatic rings. The van der Waals surface area contributed by atoms with Crippen LogP contribution in [0.25, 0.3) is 0 Å². The smallest absolute Gasteiger partial charge is 0.330 e. The summed E-state index contributed by atoms with van der Waals surface area (Å²) in [4.78, 5) is 22.8. The highest BCUT2D eigenvalue weighted by Gasteiger charge is 2.30. The molecular formula is C32H65N2O5P. The third-order valence-electron chi connectivity index (χ3n) is 7.41. The highest BCUT2D eigenvalue weighted by molar-refractivity contribution is 7.52.